The minimum absolute atomic E-state index is 0.109. The third-order valence-electron chi connectivity index (χ3n) is 3.29. The topological polar surface area (TPSA) is 96.7 Å². The Balaban J connectivity index is 2.21. The lowest BCUT2D eigenvalue weighted by Crippen LogP contribution is -2.31. The quantitative estimate of drug-likeness (QED) is 0.894. The average molecular weight is 283 g/mol. The molecule has 0 spiro atoms. The van der Waals surface area contributed by atoms with Gasteiger partial charge in [-0.2, -0.15) is 10.4 Å². The number of amides is 1. The van der Waals surface area contributed by atoms with Crippen LogP contribution < -0.4 is 11.1 Å². The summed E-state index contributed by atoms with van der Waals surface area (Å²) in [7, 11) is 0. The molecule has 0 aliphatic rings. The van der Waals surface area contributed by atoms with Gasteiger partial charge in [0.05, 0.1) is 11.9 Å². The number of rotatable bonds is 4. The summed E-state index contributed by atoms with van der Waals surface area (Å²) >= 11 is 0. The van der Waals surface area contributed by atoms with Gasteiger partial charge in [-0.1, -0.05) is 6.92 Å². The molecule has 3 N–H and O–H groups in total. The number of nitrogens with two attached hydrogens (primary N) is 1. The molecule has 0 unspecified atom stereocenters. The van der Waals surface area contributed by atoms with Crippen LogP contribution in [0.2, 0.25) is 0 Å². The number of benzene rings is 1. The highest BCUT2D eigenvalue weighted by molar-refractivity contribution is 5.94. The number of hydrogen-bond donors (Lipinski definition) is 2. The molecular formula is C15H17N5O. The van der Waals surface area contributed by atoms with Crippen LogP contribution in [-0.2, 0) is 0 Å². The number of carbonyl (C=O) groups excluding carboxylic acids is 1. The summed E-state index contributed by atoms with van der Waals surface area (Å²) in [6.45, 7) is 3.97. The van der Waals surface area contributed by atoms with E-state index in [4.69, 9.17) is 11.0 Å². The van der Waals surface area contributed by atoms with Crippen LogP contribution in [0.1, 0.15) is 36.2 Å². The number of anilines is 1. The van der Waals surface area contributed by atoms with Crippen molar-refractivity contribution in [3.05, 3.63) is 41.6 Å². The van der Waals surface area contributed by atoms with Gasteiger partial charge >= 0.3 is 0 Å². The van der Waals surface area contributed by atoms with Gasteiger partial charge in [0.2, 0.25) is 0 Å². The first-order valence-electron chi connectivity index (χ1n) is 6.71. The van der Waals surface area contributed by atoms with E-state index in [2.05, 4.69) is 10.4 Å². The van der Waals surface area contributed by atoms with Crippen molar-refractivity contribution in [3.8, 4) is 11.8 Å². The number of nitriles is 1. The molecule has 1 aromatic heterocycles. The Kier molecular flexibility index (Phi) is 4.24. The van der Waals surface area contributed by atoms with Crippen LogP contribution in [0.5, 0.6) is 0 Å². The third kappa shape index (κ3) is 3.03. The summed E-state index contributed by atoms with van der Waals surface area (Å²) in [5, 5.41) is 15.8. The fourth-order valence-electron chi connectivity index (χ4n) is 1.81. The lowest BCUT2D eigenvalue weighted by molar-refractivity contribution is 0.0939. The molecule has 0 saturated heterocycles. The SMILES string of the molecule is CC[C@H](C)NC(=O)c1ccc(-n2ncc(C#N)c2N)cc1. The highest BCUT2D eigenvalue weighted by Crippen LogP contribution is 2.16. The molecule has 0 radical (unpaired) electrons. The molecule has 0 saturated carbocycles. The van der Waals surface area contributed by atoms with Gasteiger partial charge in [-0.3, -0.25) is 4.79 Å². The molecule has 0 bridgehead atoms. The summed E-state index contributed by atoms with van der Waals surface area (Å²) in [6.07, 6.45) is 2.30. The molecule has 0 fully saturated rings. The molecule has 1 amide bonds. The van der Waals surface area contributed by atoms with E-state index in [1.54, 1.807) is 24.3 Å². The zero-order chi connectivity index (χ0) is 15.4. The lowest BCUT2D eigenvalue weighted by Gasteiger charge is -2.11. The summed E-state index contributed by atoms with van der Waals surface area (Å²) in [5.41, 5.74) is 7.43. The van der Waals surface area contributed by atoms with Crippen molar-refractivity contribution in [3.63, 3.8) is 0 Å². The van der Waals surface area contributed by atoms with E-state index in [0.29, 0.717) is 16.8 Å². The highest BCUT2D eigenvalue weighted by Gasteiger charge is 2.11. The van der Waals surface area contributed by atoms with Crippen LogP contribution >= 0.6 is 0 Å². The maximum absolute atomic E-state index is 12.0. The zero-order valence-corrected chi connectivity index (χ0v) is 12.0. The smallest absolute Gasteiger partial charge is 0.251 e. The number of hydrogen-bond acceptors (Lipinski definition) is 4. The molecule has 2 aromatic rings. The van der Waals surface area contributed by atoms with Crippen LogP contribution in [0.25, 0.3) is 5.69 Å². The van der Waals surface area contributed by atoms with Crippen molar-refractivity contribution in [2.45, 2.75) is 26.3 Å². The second-order valence-corrected chi connectivity index (χ2v) is 4.80. The van der Waals surface area contributed by atoms with Gasteiger partial charge in [-0.15, -0.1) is 0 Å². The van der Waals surface area contributed by atoms with E-state index in [1.807, 2.05) is 19.9 Å². The number of nitrogens with one attached hydrogen (secondary N) is 1. The molecule has 1 aromatic carbocycles. The van der Waals surface area contributed by atoms with Gasteiger partial charge in [-0.05, 0) is 37.6 Å². The standard InChI is InChI=1S/C15H17N5O/c1-3-10(2)19-15(21)11-4-6-13(7-5-11)20-14(17)12(8-16)9-18-20/h4-7,9-10H,3,17H2,1-2H3,(H,19,21)/t10-/m0/s1. The van der Waals surface area contributed by atoms with Crippen LogP contribution in [-0.4, -0.2) is 21.7 Å². The highest BCUT2D eigenvalue weighted by atomic mass is 16.1. The van der Waals surface area contributed by atoms with Crippen molar-refractivity contribution in [1.29, 1.82) is 5.26 Å². The molecular weight excluding hydrogens is 266 g/mol. The van der Waals surface area contributed by atoms with Gasteiger partial charge in [0.25, 0.3) is 5.91 Å². The molecule has 21 heavy (non-hydrogen) atoms. The number of aromatic nitrogens is 2. The van der Waals surface area contributed by atoms with E-state index in [1.165, 1.54) is 10.9 Å². The third-order valence-corrected chi connectivity index (χ3v) is 3.29. The van der Waals surface area contributed by atoms with E-state index in [0.717, 1.165) is 6.42 Å². The van der Waals surface area contributed by atoms with Crippen molar-refractivity contribution in [1.82, 2.24) is 15.1 Å². The van der Waals surface area contributed by atoms with Crippen molar-refractivity contribution >= 4 is 11.7 Å². The van der Waals surface area contributed by atoms with E-state index in [9.17, 15) is 4.79 Å². The summed E-state index contributed by atoms with van der Waals surface area (Å²) in [6, 6.07) is 9.02. The molecule has 6 heteroatoms. The largest absolute Gasteiger partial charge is 0.382 e. The summed E-state index contributed by atoms with van der Waals surface area (Å²) in [4.78, 5) is 12.0. The Labute approximate surface area is 123 Å². The fourth-order valence-corrected chi connectivity index (χ4v) is 1.81. The Morgan fingerprint density at radius 2 is 2.14 bits per heavy atom. The minimum Gasteiger partial charge on any atom is -0.382 e. The van der Waals surface area contributed by atoms with Gasteiger partial charge in [0.15, 0.2) is 0 Å². The van der Waals surface area contributed by atoms with E-state index >= 15 is 0 Å². The molecule has 0 aliphatic heterocycles. The van der Waals surface area contributed by atoms with Crippen molar-refractivity contribution < 1.29 is 4.79 Å². The Morgan fingerprint density at radius 3 is 2.67 bits per heavy atom. The van der Waals surface area contributed by atoms with Crippen LogP contribution in [0.15, 0.2) is 30.5 Å². The van der Waals surface area contributed by atoms with Crippen LogP contribution in [0, 0.1) is 11.3 Å². The second-order valence-electron chi connectivity index (χ2n) is 4.80. The Bertz CT molecular complexity index is 681. The fraction of sp³-hybridized carbons (Fsp3) is 0.267. The molecule has 6 nitrogen and oxygen atoms in total. The number of nitrogen functional groups attached to an aromatic ring is 1. The maximum Gasteiger partial charge on any atom is 0.251 e. The number of carbonyl (C=O) groups is 1. The van der Waals surface area contributed by atoms with Gasteiger partial charge in [-0.25, -0.2) is 4.68 Å². The monoisotopic (exact) mass is 283 g/mol. The first kappa shape index (κ1) is 14.6. The average Bonchev–Trinajstić information content (AvgIpc) is 2.88. The predicted octanol–water partition coefficient (Wildman–Crippen LogP) is 1.85. The maximum atomic E-state index is 12.0. The van der Waals surface area contributed by atoms with Crippen molar-refractivity contribution in [2.24, 2.45) is 0 Å². The van der Waals surface area contributed by atoms with Crippen LogP contribution in [0.4, 0.5) is 5.82 Å². The zero-order valence-electron chi connectivity index (χ0n) is 12.0. The Morgan fingerprint density at radius 1 is 1.48 bits per heavy atom. The molecule has 1 heterocycles. The summed E-state index contributed by atoms with van der Waals surface area (Å²) in [5.74, 6) is 0.177. The van der Waals surface area contributed by atoms with Crippen molar-refractivity contribution in [2.75, 3.05) is 5.73 Å². The van der Waals surface area contributed by atoms with E-state index < -0.39 is 0 Å². The normalized spacial score (nSPS) is 11.7. The first-order valence-corrected chi connectivity index (χ1v) is 6.71. The van der Waals surface area contributed by atoms with Crippen LogP contribution in [0.3, 0.4) is 0 Å². The summed E-state index contributed by atoms with van der Waals surface area (Å²) < 4.78 is 1.47. The van der Waals surface area contributed by atoms with Gasteiger partial charge in [0, 0.05) is 11.6 Å². The molecule has 1 atom stereocenters. The predicted molar refractivity (Wildman–Crippen MR) is 79.9 cm³/mol. The molecule has 2 rings (SSSR count). The molecule has 0 aliphatic carbocycles. The first-order chi connectivity index (χ1) is 10.1. The van der Waals surface area contributed by atoms with Gasteiger partial charge in [0.1, 0.15) is 17.5 Å². The second kappa shape index (κ2) is 6.09. The minimum atomic E-state index is -0.109. The lowest BCUT2D eigenvalue weighted by atomic mass is 10.1. The molecule has 108 valence electrons. The van der Waals surface area contributed by atoms with E-state index in [-0.39, 0.29) is 17.8 Å². The number of nitrogens with zero attached hydrogens (tertiary/aromatic N) is 3. The Hall–Kier alpha value is -2.81. The van der Waals surface area contributed by atoms with Gasteiger partial charge < -0.3 is 11.1 Å².